The predicted molar refractivity (Wildman–Crippen MR) is 74.2 cm³/mol. The van der Waals surface area contributed by atoms with Crippen molar-refractivity contribution in [2.45, 2.75) is 24.7 Å². The number of benzene rings is 1. The maximum atomic E-state index is 12.5. The van der Waals surface area contributed by atoms with Gasteiger partial charge < -0.3 is 10.8 Å². The molecule has 0 saturated carbocycles. The van der Waals surface area contributed by atoms with Crippen LogP contribution in [0.5, 0.6) is 0 Å². The molecule has 1 atom stereocenters. The number of hydrogen-bond acceptors (Lipinski definition) is 4. The molecule has 1 fully saturated rings. The zero-order valence-corrected chi connectivity index (χ0v) is 11.9. The lowest BCUT2D eigenvalue weighted by Gasteiger charge is -2.18. The maximum Gasteiger partial charge on any atom is 0.243 e. The molecule has 1 aromatic rings. The summed E-state index contributed by atoms with van der Waals surface area (Å²) in [5.41, 5.74) is 6.89. The Morgan fingerprint density at radius 1 is 1.47 bits per heavy atom. The van der Waals surface area contributed by atoms with Gasteiger partial charge in [-0.3, -0.25) is 0 Å². The number of aliphatic hydroxyl groups excluding tert-OH is 1. The second-order valence-electron chi connectivity index (χ2n) is 5.05. The molecule has 0 aromatic heterocycles. The molecule has 1 aromatic carbocycles. The van der Waals surface area contributed by atoms with Crippen molar-refractivity contribution < 1.29 is 13.5 Å². The molecule has 1 aliphatic rings. The third kappa shape index (κ3) is 2.91. The summed E-state index contributed by atoms with van der Waals surface area (Å²) in [6.07, 6.45) is 1.47. The molecule has 2 rings (SSSR count). The highest BCUT2D eigenvalue weighted by Crippen LogP contribution is 2.28. The lowest BCUT2D eigenvalue weighted by molar-refractivity contribution is 0.259. The summed E-state index contributed by atoms with van der Waals surface area (Å²) in [6, 6.07) is 4.86. The van der Waals surface area contributed by atoms with Crippen LogP contribution in [0.15, 0.2) is 23.1 Å². The topological polar surface area (TPSA) is 83.6 Å². The monoisotopic (exact) mass is 284 g/mol. The Balaban J connectivity index is 2.23. The van der Waals surface area contributed by atoms with Crippen molar-refractivity contribution in [2.24, 2.45) is 5.92 Å². The van der Waals surface area contributed by atoms with Gasteiger partial charge in [-0.25, -0.2) is 8.42 Å². The molecule has 19 heavy (non-hydrogen) atoms. The van der Waals surface area contributed by atoms with E-state index in [4.69, 9.17) is 10.8 Å². The molecule has 0 bridgehead atoms. The van der Waals surface area contributed by atoms with Crippen LogP contribution in [0.2, 0.25) is 0 Å². The molecule has 1 saturated heterocycles. The first kappa shape index (κ1) is 14.3. The van der Waals surface area contributed by atoms with Gasteiger partial charge in [0.05, 0.1) is 4.90 Å². The molecule has 0 spiro atoms. The van der Waals surface area contributed by atoms with Crippen molar-refractivity contribution >= 4 is 15.7 Å². The highest BCUT2D eigenvalue weighted by Gasteiger charge is 2.32. The molecule has 0 radical (unpaired) electrons. The van der Waals surface area contributed by atoms with E-state index in [1.807, 2.05) is 0 Å². The summed E-state index contributed by atoms with van der Waals surface area (Å²) in [4.78, 5) is 0.325. The standard InChI is InChI=1S/C13H20N2O3S/c1-10-8-12(14)2-3-13(10)19(17,18)15-6-4-11(9-15)5-7-16/h2-3,8,11,16H,4-7,9,14H2,1H3. The van der Waals surface area contributed by atoms with Gasteiger partial charge in [-0.1, -0.05) is 0 Å². The highest BCUT2D eigenvalue weighted by atomic mass is 32.2. The predicted octanol–water partition coefficient (Wildman–Crippen LogP) is 0.970. The fourth-order valence-corrected chi connectivity index (χ4v) is 4.27. The van der Waals surface area contributed by atoms with E-state index in [1.54, 1.807) is 25.1 Å². The SMILES string of the molecule is Cc1cc(N)ccc1S(=O)(=O)N1CCC(CCO)C1. The molecule has 106 valence electrons. The van der Waals surface area contributed by atoms with Crippen LogP contribution >= 0.6 is 0 Å². The molecule has 1 heterocycles. The minimum absolute atomic E-state index is 0.111. The van der Waals surface area contributed by atoms with Crippen LogP contribution in [0.25, 0.3) is 0 Å². The number of rotatable bonds is 4. The van der Waals surface area contributed by atoms with E-state index in [1.165, 1.54) is 4.31 Å². The summed E-state index contributed by atoms with van der Waals surface area (Å²) in [7, 11) is -3.44. The third-order valence-corrected chi connectivity index (χ3v) is 5.63. The van der Waals surface area contributed by atoms with E-state index in [2.05, 4.69) is 0 Å². The van der Waals surface area contributed by atoms with Gasteiger partial charge >= 0.3 is 0 Å². The second kappa shape index (κ2) is 5.48. The number of sulfonamides is 1. The largest absolute Gasteiger partial charge is 0.399 e. The Labute approximate surface area is 114 Å². The number of nitrogens with two attached hydrogens (primary N) is 1. The first-order valence-electron chi connectivity index (χ1n) is 6.42. The Morgan fingerprint density at radius 2 is 2.21 bits per heavy atom. The summed E-state index contributed by atoms with van der Waals surface area (Å²) >= 11 is 0. The maximum absolute atomic E-state index is 12.5. The molecule has 1 aliphatic heterocycles. The number of aryl methyl sites for hydroxylation is 1. The van der Waals surface area contributed by atoms with Gasteiger partial charge in [0, 0.05) is 25.4 Å². The molecule has 0 amide bonds. The fraction of sp³-hybridized carbons (Fsp3) is 0.538. The van der Waals surface area contributed by atoms with Crippen LogP contribution < -0.4 is 5.73 Å². The van der Waals surface area contributed by atoms with Gasteiger partial charge in [0.25, 0.3) is 0 Å². The van der Waals surface area contributed by atoms with Gasteiger partial charge in [0.1, 0.15) is 0 Å². The quantitative estimate of drug-likeness (QED) is 0.807. The zero-order chi connectivity index (χ0) is 14.0. The minimum atomic E-state index is -3.44. The Morgan fingerprint density at radius 3 is 2.84 bits per heavy atom. The van der Waals surface area contributed by atoms with Crippen molar-refractivity contribution in [2.75, 3.05) is 25.4 Å². The third-order valence-electron chi connectivity index (χ3n) is 3.60. The van der Waals surface area contributed by atoms with E-state index in [0.717, 1.165) is 6.42 Å². The van der Waals surface area contributed by atoms with Crippen LogP contribution in [0.1, 0.15) is 18.4 Å². The normalized spacial score (nSPS) is 20.8. The Bertz CT molecular complexity index is 557. The van der Waals surface area contributed by atoms with E-state index >= 15 is 0 Å². The van der Waals surface area contributed by atoms with Crippen LogP contribution in [0, 0.1) is 12.8 Å². The average molecular weight is 284 g/mol. The van der Waals surface area contributed by atoms with E-state index in [-0.39, 0.29) is 12.5 Å². The molecule has 6 heteroatoms. The highest BCUT2D eigenvalue weighted by molar-refractivity contribution is 7.89. The fourth-order valence-electron chi connectivity index (χ4n) is 2.53. The van der Waals surface area contributed by atoms with Gasteiger partial charge in [-0.05, 0) is 49.4 Å². The zero-order valence-electron chi connectivity index (χ0n) is 11.0. The van der Waals surface area contributed by atoms with E-state index < -0.39 is 10.0 Å². The minimum Gasteiger partial charge on any atom is -0.399 e. The van der Waals surface area contributed by atoms with E-state index in [0.29, 0.717) is 35.7 Å². The lowest BCUT2D eigenvalue weighted by Crippen LogP contribution is -2.29. The Hall–Kier alpha value is -1.11. The lowest BCUT2D eigenvalue weighted by atomic mass is 10.1. The van der Waals surface area contributed by atoms with E-state index in [9.17, 15) is 8.42 Å². The van der Waals surface area contributed by atoms with Crippen molar-refractivity contribution in [3.63, 3.8) is 0 Å². The molecule has 3 N–H and O–H groups in total. The number of aliphatic hydroxyl groups is 1. The molecule has 1 unspecified atom stereocenters. The molecular weight excluding hydrogens is 264 g/mol. The van der Waals surface area contributed by atoms with Gasteiger partial charge in [0.2, 0.25) is 10.0 Å². The smallest absolute Gasteiger partial charge is 0.243 e. The van der Waals surface area contributed by atoms with Gasteiger partial charge in [-0.15, -0.1) is 0 Å². The van der Waals surface area contributed by atoms with Crippen molar-refractivity contribution in [3.05, 3.63) is 23.8 Å². The second-order valence-corrected chi connectivity index (χ2v) is 6.96. The van der Waals surface area contributed by atoms with Crippen molar-refractivity contribution in [3.8, 4) is 0 Å². The van der Waals surface area contributed by atoms with Crippen molar-refractivity contribution in [1.29, 1.82) is 0 Å². The molecule has 0 aliphatic carbocycles. The van der Waals surface area contributed by atoms with Gasteiger partial charge in [-0.2, -0.15) is 4.31 Å². The number of nitrogen functional groups attached to an aromatic ring is 1. The summed E-state index contributed by atoms with van der Waals surface area (Å²) < 4.78 is 26.6. The number of nitrogens with zero attached hydrogens (tertiary/aromatic N) is 1. The number of anilines is 1. The van der Waals surface area contributed by atoms with Crippen molar-refractivity contribution in [1.82, 2.24) is 4.31 Å². The van der Waals surface area contributed by atoms with Crippen LogP contribution in [0.3, 0.4) is 0 Å². The first-order valence-corrected chi connectivity index (χ1v) is 7.86. The molecular formula is C13H20N2O3S. The summed E-state index contributed by atoms with van der Waals surface area (Å²) in [5, 5.41) is 8.93. The first-order chi connectivity index (χ1) is 8.95. The average Bonchev–Trinajstić information content (AvgIpc) is 2.78. The summed E-state index contributed by atoms with van der Waals surface area (Å²) in [6.45, 7) is 2.88. The van der Waals surface area contributed by atoms with Crippen LogP contribution in [-0.2, 0) is 10.0 Å². The van der Waals surface area contributed by atoms with Gasteiger partial charge in [0.15, 0.2) is 0 Å². The van der Waals surface area contributed by atoms with Crippen LogP contribution in [-0.4, -0.2) is 37.5 Å². The molecule has 5 nitrogen and oxygen atoms in total. The van der Waals surface area contributed by atoms with Crippen LogP contribution in [0.4, 0.5) is 5.69 Å². The Kier molecular flexibility index (Phi) is 4.13. The number of hydrogen-bond donors (Lipinski definition) is 2. The summed E-state index contributed by atoms with van der Waals surface area (Å²) in [5.74, 6) is 0.258.